The Morgan fingerprint density at radius 3 is 2.62 bits per heavy atom. The summed E-state index contributed by atoms with van der Waals surface area (Å²) in [5.74, 6) is 3.04. The molecule has 1 atom stereocenters. The van der Waals surface area contributed by atoms with E-state index in [9.17, 15) is 0 Å². The number of nitrogens with zero attached hydrogens (tertiary/aromatic N) is 2. The number of aromatic nitrogens is 2. The van der Waals surface area contributed by atoms with Crippen molar-refractivity contribution in [1.29, 1.82) is 0 Å². The Balaban J connectivity index is 2.13. The molecular formula is C16H21N3O2. The number of fused-ring (bicyclic) bond motifs is 1. The molecule has 5 nitrogen and oxygen atoms in total. The summed E-state index contributed by atoms with van der Waals surface area (Å²) in [6, 6.07) is 5.91. The van der Waals surface area contributed by atoms with E-state index >= 15 is 0 Å². The Morgan fingerprint density at radius 1 is 1.19 bits per heavy atom. The van der Waals surface area contributed by atoms with Crippen molar-refractivity contribution in [3.05, 3.63) is 23.9 Å². The molecule has 1 unspecified atom stereocenters. The van der Waals surface area contributed by atoms with Crippen molar-refractivity contribution in [2.24, 2.45) is 13.0 Å². The number of ether oxygens (including phenoxy) is 2. The molecule has 2 aromatic rings. The molecule has 2 N–H and O–H groups in total. The highest BCUT2D eigenvalue weighted by molar-refractivity contribution is 5.79. The molecule has 1 aliphatic rings. The van der Waals surface area contributed by atoms with E-state index < -0.39 is 0 Å². The molecule has 0 fully saturated rings. The topological polar surface area (TPSA) is 62.3 Å². The van der Waals surface area contributed by atoms with Gasteiger partial charge in [0, 0.05) is 18.5 Å². The summed E-state index contributed by atoms with van der Waals surface area (Å²) in [6.07, 6.45) is 0. The normalized spacial score (nSPS) is 14.7. The molecule has 0 saturated carbocycles. The lowest BCUT2D eigenvalue weighted by Crippen LogP contribution is -2.04. The number of hydrogen-bond acceptors (Lipinski definition) is 4. The van der Waals surface area contributed by atoms with Gasteiger partial charge in [-0.1, -0.05) is 26.8 Å². The minimum absolute atomic E-state index is 0.274. The maximum Gasteiger partial charge on any atom is 0.231 e. The highest BCUT2D eigenvalue weighted by atomic mass is 16.7. The monoisotopic (exact) mass is 287 g/mol. The van der Waals surface area contributed by atoms with E-state index in [4.69, 9.17) is 15.2 Å². The van der Waals surface area contributed by atoms with Gasteiger partial charge in [0.25, 0.3) is 0 Å². The summed E-state index contributed by atoms with van der Waals surface area (Å²) >= 11 is 0. The third-order valence-electron chi connectivity index (χ3n) is 4.21. The van der Waals surface area contributed by atoms with Gasteiger partial charge < -0.3 is 15.2 Å². The van der Waals surface area contributed by atoms with Crippen LogP contribution in [0.25, 0.3) is 11.1 Å². The summed E-state index contributed by atoms with van der Waals surface area (Å²) in [5.41, 5.74) is 9.30. The second-order valence-corrected chi connectivity index (χ2v) is 5.87. The van der Waals surface area contributed by atoms with Crippen LogP contribution in [0.3, 0.4) is 0 Å². The standard InChI is InChI=1S/C16H21N3O2/c1-9(2)10(3)15-14(16(17)19(4)18-15)11-5-6-12-13(7-11)21-8-20-12/h5-7,9-10H,8,17H2,1-4H3. The number of hydrogen-bond donors (Lipinski definition) is 1. The maximum atomic E-state index is 6.25. The van der Waals surface area contributed by atoms with Crippen molar-refractivity contribution >= 4 is 5.82 Å². The van der Waals surface area contributed by atoms with Crippen LogP contribution >= 0.6 is 0 Å². The minimum atomic E-state index is 0.274. The zero-order chi connectivity index (χ0) is 15.1. The zero-order valence-electron chi connectivity index (χ0n) is 12.9. The van der Waals surface area contributed by atoms with Crippen LogP contribution in [0, 0.1) is 5.92 Å². The maximum absolute atomic E-state index is 6.25. The second kappa shape index (κ2) is 4.98. The third kappa shape index (κ3) is 2.22. The van der Waals surface area contributed by atoms with E-state index in [-0.39, 0.29) is 6.79 Å². The van der Waals surface area contributed by atoms with Gasteiger partial charge in [0.2, 0.25) is 6.79 Å². The van der Waals surface area contributed by atoms with Crippen LogP contribution in [0.1, 0.15) is 32.4 Å². The van der Waals surface area contributed by atoms with Gasteiger partial charge in [-0.15, -0.1) is 0 Å². The average Bonchev–Trinajstić information content (AvgIpc) is 3.02. The second-order valence-electron chi connectivity index (χ2n) is 5.87. The van der Waals surface area contributed by atoms with E-state index in [0.717, 1.165) is 28.3 Å². The lowest BCUT2D eigenvalue weighted by atomic mass is 9.90. The number of rotatable bonds is 3. The van der Waals surface area contributed by atoms with Crippen LogP contribution in [0.15, 0.2) is 18.2 Å². The van der Waals surface area contributed by atoms with Gasteiger partial charge in [-0.3, -0.25) is 4.68 Å². The van der Waals surface area contributed by atoms with Crippen molar-refractivity contribution < 1.29 is 9.47 Å². The molecule has 0 bridgehead atoms. The van der Waals surface area contributed by atoms with Crippen molar-refractivity contribution in [3.8, 4) is 22.6 Å². The lowest BCUT2D eigenvalue weighted by molar-refractivity contribution is 0.174. The van der Waals surface area contributed by atoms with Crippen LogP contribution < -0.4 is 15.2 Å². The van der Waals surface area contributed by atoms with Crippen LogP contribution in [0.4, 0.5) is 5.82 Å². The van der Waals surface area contributed by atoms with Gasteiger partial charge in [-0.05, 0) is 23.6 Å². The van der Waals surface area contributed by atoms with Gasteiger partial charge in [0.15, 0.2) is 11.5 Å². The zero-order valence-corrected chi connectivity index (χ0v) is 12.9. The molecule has 0 radical (unpaired) electrons. The number of anilines is 1. The van der Waals surface area contributed by atoms with Gasteiger partial charge in [0.05, 0.1) is 5.69 Å². The van der Waals surface area contributed by atoms with Gasteiger partial charge in [0.1, 0.15) is 5.82 Å². The molecule has 1 aromatic carbocycles. The molecule has 0 aliphatic carbocycles. The van der Waals surface area contributed by atoms with E-state index in [1.54, 1.807) is 4.68 Å². The Hall–Kier alpha value is -2.17. The summed E-state index contributed by atoms with van der Waals surface area (Å²) in [7, 11) is 1.88. The summed E-state index contributed by atoms with van der Waals surface area (Å²) in [6.45, 7) is 6.84. The lowest BCUT2D eigenvalue weighted by Gasteiger charge is -2.15. The highest BCUT2D eigenvalue weighted by Gasteiger charge is 2.24. The van der Waals surface area contributed by atoms with Crippen molar-refractivity contribution in [1.82, 2.24) is 9.78 Å². The van der Waals surface area contributed by atoms with Crippen molar-refractivity contribution in [2.75, 3.05) is 12.5 Å². The van der Waals surface area contributed by atoms with Gasteiger partial charge in [-0.25, -0.2) is 0 Å². The molecule has 2 heterocycles. The molecule has 0 amide bonds. The molecule has 5 heteroatoms. The van der Waals surface area contributed by atoms with E-state index in [1.165, 1.54) is 0 Å². The first kappa shape index (κ1) is 13.8. The minimum Gasteiger partial charge on any atom is -0.454 e. The Morgan fingerprint density at radius 2 is 1.90 bits per heavy atom. The Kier molecular flexibility index (Phi) is 3.27. The van der Waals surface area contributed by atoms with Crippen LogP contribution in [-0.4, -0.2) is 16.6 Å². The van der Waals surface area contributed by atoms with Gasteiger partial charge >= 0.3 is 0 Å². The summed E-state index contributed by atoms with van der Waals surface area (Å²) in [5, 5.41) is 4.62. The summed E-state index contributed by atoms with van der Waals surface area (Å²) < 4.78 is 12.6. The van der Waals surface area contributed by atoms with Gasteiger partial charge in [-0.2, -0.15) is 5.10 Å². The summed E-state index contributed by atoms with van der Waals surface area (Å²) in [4.78, 5) is 0. The number of nitrogens with two attached hydrogens (primary N) is 1. The molecule has 21 heavy (non-hydrogen) atoms. The first-order valence-corrected chi connectivity index (χ1v) is 7.21. The molecule has 112 valence electrons. The fourth-order valence-corrected chi connectivity index (χ4v) is 2.54. The average molecular weight is 287 g/mol. The van der Waals surface area contributed by atoms with Crippen LogP contribution in [0.2, 0.25) is 0 Å². The SMILES string of the molecule is CC(C)C(C)c1nn(C)c(N)c1-c1ccc2c(c1)OCO2. The Bertz CT molecular complexity index is 676. The van der Waals surface area contributed by atoms with E-state index in [1.807, 2.05) is 25.2 Å². The first-order valence-electron chi connectivity index (χ1n) is 7.21. The fourth-order valence-electron chi connectivity index (χ4n) is 2.54. The van der Waals surface area contributed by atoms with Crippen molar-refractivity contribution in [2.45, 2.75) is 26.7 Å². The van der Waals surface area contributed by atoms with Crippen LogP contribution in [-0.2, 0) is 7.05 Å². The Labute approximate surface area is 124 Å². The number of benzene rings is 1. The van der Waals surface area contributed by atoms with Crippen molar-refractivity contribution in [3.63, 3.8) is 0 Å². The molecule has 1 aliphatic heterocycles. The first-order chi connectivity index (χ1) is 9.99. The van der Waals surface area contributed by atoms with Crippen LogP contribution in [0.5, 0.6) is 11.5 Å². The third-order valence-corrected chi connectivity index (χ3v) is 4.21. The molecular weight excluding hydrogens is 266 g/mol. The smallest absolute Gasteiger partial charge is 0.231 e. The van der Waals surface area contributed by atoms with E-state index in [2.05, 4.69) is 25.9 Å². The number of nitrogen functional groups attached to an aromatic ring is 1. The number of aryl methyl sites for hydroxylation is 1. The predicted molar refractivity (Wildman–Crippen MR) is 82.4 cm³/mol. The fraction of sp³-hybridized carbons (Fsp3) is 0.438. The molecule has 0 spiro atoms. The molecule has 3 rings (SSSR count). The highest BCUT2D eigenvalue weighted by Crippen LogP contribution is 2.41. The predicted octanol–water partition coefficient (Wildman–Crippen LogP) is 3.16. The quantitative estimate of drug-likeness (QED) is 0.942. The molecule has 0 saturated heterocycles. The largest absolute Gasteiger partial charge is 0.454 e. The molecule has 1 aromatic heterocycles. The van der Waals surface area contributed by atoms with E-state index in [0.29, 0.717) is 17.7 Å².